The molecule has 42 heteroatoms. The lowest BCUT2D eigenvalue weighted by Gasteiger charge is -2.14. The fourth-order valence-corrected chi connectivity index (χ4v) is 19.9. The van der Waals surface area contributed by atoms with Gasteiger partial charge < -0.3 is 11.5 Å². The lowest BCUT2D eigenvalue weighted by molar-refractivity contribution is 0.520. The first-order valence-corrected chi connectivity index (χ1v) is 42.2. The Morgan fingerprint density at radius 2 is 0.829 bits per heavy atom. The van der Waals surface area contributed by atoms with Crippen LogP contribution >= 0.6 is 92.0 Å². The predicted octanol–water partition coefficient (Wildman–Crippen LogP) is 18.9. The highest BCUT2D eigenvalue weighted by atomic mass is 35.5. The van der Waals surface area contributed by atoms with Crippen LogP contribution in [-0.2, 0) is 36.5 Å². The number of nitrogens with one attached hydrogen (secondary N) is 3. The van der Waals surface area contributed by atoms with E-state index in [1.54, 1.807) is 69.8 Å². The SMILES string of the molecule is CCc1nccc(-c2sc(-c3cncc(F)c3)nc2-c2cc(Cl)cc(NS(=O)(=O)c3c(F)cccc3F)c2F)n1.Cc1ncc(-c2nc(-c3cccc(NS(=O)(=O)c4c(Cl)ccc(C)c4Cl)c3F)c(-c3ccnc(N)n3)s2)cn1.Cc1ncc(-c2nc(-c3cccc(NS(=O)(=O)c4c(Cl)cccc4Cl)c3F)c(-c3ccnc(N)n3)s2)cn1. The molecule has 7 N–H and O–H groups in total. The van der Waals surface area contributed by atoms with Crippen molar-refractivity contribution in [1.82, 2.24) is 69.8 Å². The molecule has 0 amide bonds. The molecule has 0 saturated carbocycles. The standard InChI is InChI=1S/C26H16ClF4N5O2S2.C25H18Cl2FN7O2S2.C24H16Cl2FN7O2S2/c1-2-21-33-7-6-19(34-21)24-23(35-26(39-24)13-8-15(28)12-32-11-13)16-9-14(27)10-20(22(16)31)36-40(37,38)25-17(29)4-3-5-18(25)30;1-12-6-7-16(26)23(19(12)27)39(36,37)35-17-5-3-4-15(20(17)28)21-22(18-8-9-30-25(29)33-18)38-24(34-21)14-10-31-13(2)32-11-14;1-12-30-10-13(11-31-12)23-33-20(21(37-23)18-8-9-29-24(28)32-18)14-4-2-7-17(19(14)27)34-38(35,36)22-15(25)5-3-6-16(22)26/h3-12,36H,2H2,1H3;3-11,35H,1-2H3,(H2,29,30,33);2-11,34H,1H3,(H2,28,29,32). The number of rotatable bonds is 19. The molecular weight excluding hydrogens is 1750 g/mol. The molecule has 0 saturated heterocycles. The van der Waals surface area contributed by atoms with Crippen molar-refractivity contribution < 1.29 is 51.6 Å². The Morgan fingerprint density at radius 1 is 0.410 bits per heavy atom. The molecule has 6 aromatic carbocycles. The van der Waals surface area contributed by atoms with Gasteiger partial charge >= 0.3 is 0 Å². The van der Waals surface area contributed by atoms with E-state index in [1.165, 1.54) is 120 Å². The maximum Gasteiger partial charge on any atom is 0.267 e. The minimum absolute atomic E-state index is 0.0162. The van der Waals surface area contributed by atoms with Crippen LogP contribution in [0.1, 0.15) is 30.0 Å². The van der Waals surface area contributed by atoms with Crippen molar-refractivity contribution in [3.05, 3.63) is 260 Å². The van der Waals surface area contributed by atoms with Gasteiger partial charge in [-0.05, 0) is 117 Å². The zero-order valence-corrected chi connectivity index (χ0v) is 68.6. The summed E-state index contributed by atoms with van der Waals surface area (Å²) in [4.78, 5) is 58.9. The molecular formula is C75H50Cl5F6N19O6S6. The summed E-state index contributed by atoms with van der Waals surface area (Å²) in [6.45, 7) is 7.00. The van der Waals surface area contributed by atoms with Crippen LogP contribution < -0.4 is 25.6 Å². The van der Waals surface area contributed by atoms with E-state index >= 15 is 13.2 Å². The number of hydrogen-bond donors (Lipinski definition) is 5. The number of nitrogens with two attached hydrogens (primary N) is 2. The van der Waals surface area contributed by atoms with Gasteiger partial charge in [-0.15, -0.1) is 34.0 Å². The quantitative estimate of drug-likeness (QED) is 0.0469. The number of aryl methyl sites for hydroxylation is 4. The number of nitrogens with zero attached hydrogens (tertiary/aromatic N) is 14. The van der Waals surface area contributed by atoms with Crippen molar-refractivity contribution in [3.8, 4) is 97.2 Å². The Labute approximate surface area is 698 Å². The third-order valence-electron chi connectivity index (χ3n) is 16.4. The van der Waals surface area contributed by atoms with Crippen molar-refractivity contribution in [1.29, 1.82) is 0 Å². The minimum atomic E-state index is -4.91. The fraction of sp³-hybridized carbons (Fsp3) is 0.0667. The summed E-state index contributed by atoms with van der Waals surface area (Å²) in [5.41, 5.74) is 13.8. The fourth-order valence-electron chi connectivity index (χ4n) is 11.0. The van der Waals surface area contributed by atoms with Crippen molar-refractivity contribution in [2.45, 2.75) is 48.8 Å². The predicted molar refractivity (Wildman–Crippen MR) is 440 cm³/mol. The maximum absolute atomic E-state index is 16.0. The molecule has 15 aromatic rings. The molecule has 594 valence electrons. The molecule has 0 unspecified atom stereocenters. The molecule has 0 radical (unpaired) electrons. The Morgan fingerprint density at radius 3 is 1.32 bits per heavy atom. The summed E-state index contributed by atoms with van der Waals surface area (Å²) in [6, 6.07) is 26.5. The Kier molecular flexibility index (Phi) is 24.9. The zero-order valence-electron chi connectivity index (χ0n) is 59.9. The van der Waals surface area contributed by atoms with Gasteiger partial charge in [-0.25, -0.2) is 116 Å². The molecule has 0 fully saturated rings. The maximum atomic E-state index is 16.0. The highest BCUT2D eigenvalue weighted by Crippen LogP contribution is 2.47. The second-order valence-corrected chi connectivity index (χ2v) is 34.3. The number of aromatic nitrogens is 14. The average Bonchev–Trinajstić information content (AvgIpc) is 1.51. The van der Waals surface area contributed by atoms with Gasteiger partial charge in [0.2, 0.25) is 11.9 Å². The molecule has 0 aliphatic carbocycles. The highest BCUT2D eigenvalue weighted by Gasteiger charge is 2.32. The van der Waals surface area contributed by atoms with Gasteiger partial charge in [0.05, 0.1) is 92.1 Å². The second-order valence-electron chi connectivity index (χ2n) is 24.4. The van der Waals surface area contributed by atoms with E-state index in [-0.39, 0.29) is 97.0 Å². The zero-order chi connectivity index (χ0) is 83.5. The summed E-state index contributed by atoms with van der Waals surface area (Å²) < 4.78 is 175. The van der Waals surface area contributed by atoms with E-state index in [0.29, 0.717) is 87.9 Å². The van der Waals surface area contributed by atoms with Crippen molar-refractivity contribution in [2.24, 2.45) is 0 Å². The molecule has 15 rings (SSSR count). The summed E-state index contributed by atoms with van der Waals surface area (Å²) in [6.07, 6.45) is 13.8. The van der Waals surface area contributed by atoms with Crippen LogP contribution in [0.2, 0.25) is 25.1 Å². The number of benzene rings is 6. The molecule has 9 heterocycles. The number of sulfonamides is 3. The second kappa shape index (κ2) is 34.8. The molecule has 117 heavy (non-hydrogen) atoms. The van der Waals surface area contributed by atoms with Crippen LogP contribution in [0.4, 0.5) is 55.3 Å². The monoisotopic (exact) mass is 1790 g/mol. The van der Waals surface area contributed by atoms with E-state index in [4.69, 9.17) is 69.5 Å². The molecule has 0 aliphatic rings. The summed E-state index contributed by atoms with van der Waals surface area (Å²) in [5.74, 6) is -4.46. The van der Waals surface area contributed by atoms with Gasteiger partial charge in [-0.2, -0.15) is 0 Å². The van der Waals surface area contributed by atoms with Crippen LogP contribution in [0.3, 0.4) is 0 Å². The summed E-state index contributed by atoms with van der Waals surface area (Å²) in [5, 5.41) is 0.810. The summed E-state index contributed by atoms with van der Waals surface area (Å²) >= 11 is 34.3. The van der Waals surface area contributed by atoms with Crippen LogP contribution in [0, 0.1) is 55.7 Å². The first kappa shape index (κ1) is 83.6. The Bertz CT molecular complexity index is 6710. The number of anilines is 5. The normalized spacial score (nSPS) is 11.5. The number of thiazole rings is 3. The van der Waals surface area contributed by atoms with E-state index in [2.05, 4.69) is 79.2 Å². The molecule has 25 nitrogen and oxygen atoms in total. The summed E-state index contributed by atoms with van der Waals surface area (Å²) in [7, 11) is -13.6. The lowest BCUT2D eigenvalue weighted by atomic mass is 10.1. The van der Waals surface area contributed by atoms with E-state index in [0.717, 1.165) is 41.8 Å². The number of pyridine rings is 1. The van der Waals surface area contributed by atoms with E-state index in [1.807, 2.05) is 11.6 Å². The minimum Gasteiger partial charge on any atom is -0.368 e. The van der Waals surface area contributed by atoms with Gasteiger partial charge in [0, 0.05) is 94.4 Å². The largest absolute Gasteiger partial charge is 0.368 e. The highest BCUT2D eigenvalue weighted by molar-refractivity contribution is 7.93. The average molecular weight is 1800 g/mol. The van der Waals surface area contributed by atoms with Crippen LogP contribution in [0.5, 0.6) is 0 Å². The molecule has 9 aromatic heterocycles. The van der Waals surface area contributed by atoms with Crippen molar-refractivity contribution >= 4 is 151 Å². The van der Waals surface area contributed by atoms with Crippen LogP contribution in [0.15, 0.2) is 192 Å². The third kappa shape index (κ3) is 18.4. The third-order valence-corrected chi connectivity index (χ3v) is 26.2. The van der Waals surface area contributed by atoms with Gasteiger partial charge in [-0.3, -0.25) is 19.2 Å². The van der Waals surface area contributed by atoms with Gasteiger partial charge in [0.1, 0.15) is 59.7 Å². The van der Waals surface area contributed by atoms with Gasteiger partial charge in [0.15, 0.2) is 22.3 Å². The van der Waals surface area contributed by atoms with Crippen LogP contribution in [0.25, 0.3) is 97.2 Å². The van der Waals surface area contributed by atoms with Gasteiger partial charge in [-0.1, -0.05) is 95.3 Å². The van der Waals surface area contributed by atoms with Crippen molar-refractivity contribution in [3.63, 3.8) is 0 Å². The van der Waals surface area contributed by atoms with E-state index < -0.39 is 75.6 Å². The number of nitrogen functional groups attached to an aromatic ring is 2. The molecule has 0 atom stereocenters. The number of hydrogen-bond acceptors (Lipinski definition) is 25. The Hall–Kier alpha value is -11.4. The smallest absolute Gasteiger partial charge is 0.267 e. The first-order chi connectivity index (χ1) is 55.8. The molecule has 0 bridgehead atoms. The Balaban J connectivity index is 0.000000152. The first-order valence-electron chi connectivity index (χ1n) is 33.5. The van der Waals surface area contributed by atoms with E-state index in [9.17, 15) is 38.4 Å². The van der Waals surface area contributed by atoms with Crippen LogP contribution in [-0.4, -0.2) is 95.0 Å². The molecule has 0 spiro atoms. The van der Waals surface area contributed by atoms with Gasteiger partial charge in [0.25, 0.3) is 30.1 Å². The topological polar surface area (TPSA) is 371 Å². The van der Waals surface area contributed by atoms with Crippen molar-refractivity contribution in [2.75, 3.05) is 25.6 Å². The lowest BCUT2D eigenvalue weighted by Crippen LogP contribution is -2.17. The molecule has 0 aliphatic heterocycles. The number of halogens is 11.